The number of carbonyl (C=O) groups is 2. The van der Waals surface area contributed by atoms with Crippen LogP contribution in [-0.2, 0) is 28.2 Å². The number of methoxy groups -OCH3 is 1. The number of Topliss-reactive ketones (excluding diaryl/α,β-unsaturated/α-hetero) is 1. The zero-order valence-corrected chi connectivity index (χ0v) is 23.6. The maximum Gasteiger partial charge on any atom is 0.296 e. The summed E-state index contributed by atoms with van der Waals surface area (Å²) >= 11 is 0. The van der Waals surface area contributed by atoms with E-state index in [1.165, 1.54) is 18.3 Å². The number of ketones is 1. The maximum absolute atomic E-state index is 13.5. The van der Waals surface area contributed by atoms with Crippen LogP contribution in [0.25, 0.3) is 5.76 Å². The summed E-state index contributed by atoms with van der Waals surface area (Å²) in [6.45, 7) is 6.64. The van der Waals surface area contributed by atoms with Crippen LogP contribution in [0.4, 0.5) is 0 Å². The molecule has 0 radical (unpaired) electrons. The van der Waals surface area contributed by atoms with E-state index in [9.17, 15) is 14.7 Å². The summed E-state index contributed by atoms with van der Waals surface area (Å²) in [5.74, 6) is -0.221. The van der Waals surface area contributed by atoms with E-state index in [2.05, 4.69) is 20.8 Å². The molecule has 210 valence electrons. The number of rotatable bonds is 8. The topological polar surface area (TPSA) is 89.2 Å². The van der Waals surface area contributed by atoms with Gasteiger partial charge < -0.3 is 23.9 Å². The van der Waals surface area contributed by atoms with Crippen LogP contribution in [0.5, 0.6) is 11.5 Å². The minimum Gasteiger partial charge on any atom is -0.507 e. The van der Waals surface area contributed by atoms with E-state index < -0.39 is 17.7 Å². The Morgan fingerprint density at radius 2 is 1.68 bits per heavy atom. The minimum atomic E-state index is -0.855. The van der Waals surface area contributed by atoms with Crippen molar-refractivity contribution in [2.45, 2.75) is 45.4 Å². The van der Waals surface area contributed by atoms with Gasteiger partial charge in [0.05, 0.1) is 37.1 Å². The van der Waals surface area contributed by atoms with Crippen LogP contribution in [0.2, 0.25) is 0 Å². The summed E-state index contributed by atoms with van der Waals surface area (Å²) in [6, 6.07) is 25.2. The number of nitrogens with zero attached hydrogens (tertiary/aromatic N) is 1. The van der Waals surface area contributed by atoms with Gasteiger partial charge in [0.15, 0.2) is 0 Å². The Hall–Kier alpha value is -4.78. The van der Waals surface area contributed by atoms with Gasteiger partial charge in [0, 0.05) is 0 Å². The van der Waals surface area contributed by atoms with Crippen molar-refractivity contribution in [3.63, 3.8) is 0 Å². The zero-order chi connectivity index (χ0) is 29.1. The largest absolute Gasteiger partial charge is 0.507 e. The SMILES string of the molecule is COc1ccc(C(C)(C)C)cc1/C(O)=C1\C(=O)C(=O)N(Cc2ccco2)C1c1ccc(OCc2ccccc2)cc1. The minimum absolute atomic E-state index is 0.0103. The maximum atomic E-state index is 13.5. The molecular weight excluding hydrogens is 518 g/mol. The lowest BCUT2D eigenvalue weighted by molar-refractivity contribution is -0.140. The van der Waals surface area contributed by atoms with E-state index in [0.717, 1.165) is 11.1 Å². The number of furan rings is 1. The average Bonchev–Trinajstić information content (AvgIpc) is 3.58. The number of aliphatic hydroxyl groups excluding tert-OH is 1. The van der Waals surface area contributed by atoms with E-state index in [4.69, 9.17) is 13.9 Å². The molecule has 1 aliphatic heterocycles. The van der Waals surface area contributed by atoms with Crippen molar-refractivity contribution in [3.8, 4) is 11.5 Å². The molecule has 0 aliphatic carbocycles. The van der Waals surface area contributed by atoms with E-state index >= 15 is 0 Å². The first-order valence-corrected chi connectivity index (χ1v) is 13.4. The van der Waals surface area contributed by atoms with Crippen molar-refractivity contribution in [1.82, 2.24) is 4.90 Å². The van der Waals surface area contributed by atoms with Crippen LogP contribution in [0, 0.1) is 0 Å². The number of likely N-dealkylation sites (tertiary alicyclic amines) is 1. The molecule has 7 heteroatoms. The first-order chi connectivity index (χ1) is 19.7. The summed E-state index contributed by atoms with van der Waals surface area (Å²) in [5, 5.41) is 11.7. The number of carbonyl (C=O) groups excluding carboxylic acids is 2. The second kappa shape index (κ2) is 11.4. The van der Waals surface area contributed by atoms with Crippen LogP contribution in [0.15, 0.2) is 101 Å². The van der Waals surface area contributed by atoms with Gasteiger partial charge in [0.1, 0.15) is 29.6 Å². The highest BCUT2D eigenvalue weighted by Crippen LogP contribution is 2.43. The molecule has 4 aromatic rings. The van der Waals surface area contributed by atoms with Crippen LogP contribution in [0.1, 0.15) is 54.8 Å². The van der Waals surface area contributed by atoms with Crippen LogP contribution >= 0.6 is 0 Å². The molecule has 3 aromatic carbocycles. The molecule has 0 spiro atoms. The van der Waals surface area contributed by atoms with E-state index in [-0.39, 0.29) is 23.3 Å². The molecule has 41 heavy (non-hydrogen) atoms. The van der Waals surface area contributed by atoms with Crippen molar-refractivity contribution in [1.29, 1.82) is 0 Å². The van der Waals surface area contributed by atoms with Crippen LogP contribution < -0.4 is 9.47 Å². The molecule has 1 unspecified atom stereocenters. The molecule has 7 nitrogen and oxygen atoms in total. The van der Waals surface area contributed by atoms with Gasteiger partial charge in [-0.1, -0.05) is 69.3 Å². The van der Waals surface area contributed by atoms with Crippen molar-refractivity contribution >= 4 is 17.4 Å². The van der Waals surface area contributed by atoms with E-state index in [1.54, 1.807) is 30.3 Å². The third kappa shape index (κ3) is 5.75. The fourth-order valence-electron chi connectivity index (χ4n) is 4.95. The first-order valence-electron chi connectivity index (χ1n) is 13.4. The Labute approximate surface area is 239 Å². The fraction of sp³-hybridized carbons (Fsp3) is 0.235. The Bertz CT molecular complexity index is 1560. The van der Waals surface area contributed by atoms with E-state index in [0.29, 0.717) is 35.0 Å². The molecule has 0 saturated carbocycles. The second-order valence-corrected chi connectivity index (χ2v) is 11.0. The third-order valence-electron chi connectivity index (χ3n) is 7.21. The molecule has 1 N–H and O–H groups in total. The molecule has 1 atom stereocenters. The zero-order valence-electron chi connectivity index (χ0n) is 23.6. The average molecular weight is 552 g/mol. The van der Waals surface area contributed by atoms with Gasteiger partial charge in [-0.25, -0.2) is 0 Å². The van der Waals surface area contributed by atoms with Crippen molar-refractivity contribution in [2.75, 3.05) is 7.11 Å². The molecular formula is C34H33NO6. The number of hydrogen-bond acceptors (Lipinski definition) is 6. The number of hydrogen-bond donors (Lipinski definition) is 1. The summed E-state index contributed by atoms with van der Waals surface area (Å²) in [4.78, 5) is 28.4. The Kier molecular flexibility index (Phi) is 7.70. The summed E-state index contributed by atoms with van der Waals surface area (Å²) < 4.78 is 17.0. The Morgan fingerprint density at radius 3 is 2.32 bits per heavy atom. The molecule has 1 amide bonds. The molecule has 1 aliphatic rings. The van der Waals surface area contributed by atoms with Gasteiger partial charge >= 0.3 is 0 Å². The lowest BCUT2D eigenvalue weighted by Gasteiger charge is -2.25. The fourth-order valence-corrected chi connectivity index (χ4v) is 4.95. The highest BCUT2D eigenvalue weighted by molar-refractivity contribution is 6.46. The predicted molar refractivity (Wildman–Crippen MR) is 155 cm³/mol. The smallest absolute Gasteiger partial charge is 0.296 e. The molecule has 1 saturated heterocycles. The highest BCUT2D eigenvalue weighted by Gasteiger charge is 2.46. The van der Waals surface area contributed by atoms with Gasteiger partial charge in [-0.15, -0.1) is 0 Å². The number of aliphatic hydroxyl groups is 1. The lowest BCUT2D eigenvalue weighted by Crippen LogP contribution is -2.29. The summed E-state index contributed by atoms with van der Waals surface area (Å²) in [5.41, 5.74) is 2.75. The van der Waals surface area contributed by atoms with Crippen LogP contribution in [-0.4, -0.2) is 28.8 Å². The van der Waals surface area contributed by atoms with Gasteiger partial charge in [0.2, 0.25) is 0 Å². The summed E-state index contributed by atoms with van der Waals surface area (Å²) in [7, 11) is 1.50. The van der Waals surface area contributed by atoms with Crippen molar-refractivity contribution in [2.24, 2.45) is 0 Å². The van der Waals surface area contributed by atoms with Gasteiger partial charge in [-0.3, -0.25) is 9.59 Å². The third-order valence-corrected chi connectivity index (χ3v) is 7.21. The molecule has 5 rings (SSSR count). The quantitative estimate of drug-likeness (QED) is 0.147. The first kappa shape index (κ1) is 27.8. The molecule has 1 aromatic heterocycles. The monoisotopic (exact) mass is 551 g/mol. The number of benzene rings is 3. The van der Waals surface area contributed by atoms with Crippen LogP contribution in [0.3, 0.4) is 0 Å². The Balaban J connectivity index is 1.57. The number of amides is 1. The number of ether oxygens (including phenoxy) is 2. The standard InChI is InChI=1S/C34H33NO6/c1-34(2,3)24-14-17-28(39-4)27(19-24)31(36)29-30(35(33(38)32(29)37)20-26-11-8-18-40-26)23-12-15-25(16-13-23)41-21-22-9-6-5-7-10-22/h5-19,30,36H,20-21H2,1-4H3/b31-29+. The van der Waals surface area contributed by atoms with Crippen molar-refractivity contribution < 1.29 is 28.6 Å². The van der Waals surface area contributed by atoms with E-state index in [1.807, 2.05) is 54.6 Å². The Morgan fingerprint density at radius 1 is 0.951 bits per heavy atom. The second-order valence-electron chi connectivity index (χ2n) is 11.0. The summed E-state index contributed by atoms with van der Waals surface area (Å²) in [6.07, 6.45) is 1.52. The molecule has 1 fully saturated rings. The lowest BCUT2D eigenvalue weighted by atomic mass is 9.85. The normalized spacial score (nSPS) is 16.7. The molecule has 2 heterocycles. The van der Waals surface area contributed by atoms with Crippen molar-refractivity contribution in [3.05, 3.63) is 125 Å². The van der Waals surface area contributed by atoms with Gasteiger partial charge in [0.25, 0.3) is 11.7 Å². The van der Waals surface area contributed by atoms with Gasteiger partial charge in [-0.2, -0.15) is 0 Å². The molecule has 0 bridgehead atoms. The highest BCUT2D eigenvalue weighted by atomic mass is 16.5. The predicted octanol–water partition coefficient (Wildman–Crippen LogP) is 6.79. The van der Waals surface area contributed by atoms with Gasteiger partial charge in [-0.05, 0) is 58.5 Å².